The van der Waals surface area contributed by atoms with E-state index in [9.17, 15) is 9.18 Å². The normalized spacial score (nSPS) is 19.8. The average Bonchev–Trinajstić information content (AvgIpc) is 2.45. The van der Waals surface area contributed by atoms with Crippen LogP contribution in [0.15, 0.2) is 24.3 Å². The molecule has 1 N–H and O–H groups in total. The van der Waals surface area contributed by atoms with Gasteiger partial charge in [-0.2, -0.15) is 0 Å². The number of nitrogens with zero attached hydrogens (tertiary/aromatic N) is 1. The third-order valence-corrected chi connectivity index (χ3v) is 3.90. The Morgan fingerprint density at radius 1 is 1.45 bits per heavy atom. The number of amides is 1. The second-order valence-electron chi connectivity index (χ2n) is 5.59. The van der Waals surface area contributed by atoms with Crippen LogP contribution in [0.2, 0.25) is 0 Å². The highest BCUT2D eigenvalue weighted by Crippen LogP contribution is 2.16. The molecule has 1 saturated heterocycles. The van der Waals surface area contributed by atoms with Crippen molar-refractivity contribution in [3.63, 3.8) is 0 Å². The van der Waals surface area contributed by atoms with Crippen LogP contribution in [0.4, 0.5) is 4.39 Å². The van der Waals surface area contributed by atoms with Crippen molar-refractivity contribution in [2.45, 2.75) is 26.2 Å². The second-order valence-corrected chi connectivity index (χ2v) is 5.59. The fourth-order valence-electron chi connectivity index (χ4n) is 2.79. The largest absolute Gasteiger partial charge is 0.356 e. The molecular weight excluding hydrogens is 255 g/mol. The summed E-state index contributed by atoms with van der Waals surface area (Å²) in [7, 11) is 0. The molecule has 1 aromatic carbocycles. The van der Waals surface area contributed by atoms with Crippen LogP contribution in [0.1, 0.15) is 25.3 Å². The van der Waals surface area contributed by atoms with Gasteiger partial charge in [-0.25, -0.2) is 4.39 Å². The number of hydrogen-bond donors (Lipinski definition) is 1. The molecule has 0 saturated carbocycles. The molecule has 0 radical (unpaired) electrons. The van der Waals surface area contributed by atoms with Crippen molar-refractivity contribution in [1.29, 1.82) is 0 Å². The van der Waals surface area contributed by atoms with Crippen LogP contribution in [0, 0.1) is 11.7 Å². The quantitative estimate of drug-likeness (QED) is 0.895. The third kappa shape index (κ3) is 4.60. The van der Waals surface area contributed by atoms with E-state index in [-0.39, 0.29) is 11.7 Å². The number of carbonyl (C=O) groups excluding carboxylic acids is 1. The summed E-state index contributed by atoms with van der Waals surface area (Å²) in [6, 6.07) is 6.98. The summed E-state index contributed by atoms with van der Waals surface area (Å²) in [5, 5.41) is 2.89. The van der Waals surface area contributed by atoms with Crippen LogP contribution in [-0.4, -0.2) is 37.0 Å². The number of halogens is 1. The first kappa shape index (κ1) is 15.0. The van der Waals surface area contributed by atoms with Gasteiger partial charge in [-0.3, -0.25) is 4.79 Å². The molecule has 1 atom stereocenters. The molecule has 0 aliphatic carbocycles. The molecule has 3 nitrogen and oxygen atoms in total. The average molecular weight is 278 g/mol. The number of piperidine rings is 1. The maximum Gasteiger partial charge on any atom is 0.216 e. The number of rotatable bonds is 5. The number of likely N-dealkylation sites (tertiary alicyclic amines) is 1. The summed E-state index contributed by atoms with van der Waals surface area (Å²) < 4.78 is 13.6. The van der Waals surface area contributed by atoms with Crippen LogP contribution in [-0.2, 0) is 11.2 Å². The summed E-state index contributed by atoms with van der Waals surface area (Å²) >= 11 is 0. The highest BCUT2D eigenvalue weighted by atomic mass is 19.1. The SMILES string of the molecule is CC(=O)NC[C@@H]1CCCN(CCc2ccccc2F)C1. The molecule has 0 unspecified atom stereocenters. The fourth-order valence-corrected chi connectivity index (χ4v) is 2.79. The Bertz CT molecular complexity index is 450. The van der Waals surface area contributed by atoms with Crippen molar-refractivity contribution in [2.24, 2.45) is 5.92 Å². The number of hydrogen-bond acceptors (Lipinski definition) is 2. The van der Waals surface area contributed by atoms with E-state index in [2.05, 4.69) is 10.2 Å². The van der Waals surface area contributed by atoms with Gasteiger partial charge in [0.25, 0.3) is 0 Å². The summed E-state index contributed by atoms with van der Waals surface area (Å²) in [4.78, 5) is 13.3. The number of carbonyl (C=O) groups is 1. The third-order valence-electron chi connectivity index (χ3n) is 3.90. The van der Waals surface area contributed by atoms with Crippen LogP contribution >= 0.6 is 0 Å². The maximum absolute atomic E-state index is 13.6. The van der Waals surface area contributed by atoms with Gasteiger partial charge in [-0.15, -0.1) is 0 Å². The van der Waals surface area contributed by atoms with E-state index in [1.54, 1.807) is 13.0 Å². The molecule has 20 heavy (non-hydrogen) atoms. The predicted octanol–water partition coefficient (Wildman–Crippen LogP) is 2.22. The smallest absolute Gasteiger partial charge is 0.216 e. The Hall–Kier alpha value is -1.42. The Kier molecular flexibility index (Phi) is 5.53. The molecule has 4 heteroatoms. The van der Waals surface area contributed by atoms with Crippen molar-refractivity contribution in [3.05, 3.63) is 35.6 Å². The van der Waals surface area contributed by atoms with Crippen molar-refractivity contribution in [2.75, 3.05) is 26.2 Å². The van der Waals surface area contributed by atoms with Gasteiger partial charge in [0, 0.05) is 26.6 Å². The Balaban J connectivity index is 1.78. The Morgan fingerprint density at radius 3 is 3.00 bits per heavy atom. The molecule has 0 spiro atoms. The zero-order valence-electron chi connectivity index (χ0n) is 12.1. The van der Waals surface area contributed by atoms with Gasteiger partial charge in [0.2, 0.25) is 5.91 Å². The lowest BCUT2D eigenvalue weighted by Gasteiger charge is -2.32. The Labute approximate surface area is 120 Å². The molecule has 1 amide bonds. The molecule has 110 valence electrons. The van der Waals surface area contributed by atoms with Gasteiger partial charge in [0.05, 0.1) is 0 Å². The van der Waals surface area contributed by atoms with E-state index in [4.69, 9.17) is 0 Å². The summed E-state index contributed by atoms with van der Waals surface area (Å²) in [5.74, 6) is 0.445. The standard InChI is InChI=1S/C16H23FN2O/c1-13(20)18-11-14-5-4-9-19(12-14)10-8-15-6-2-3-7-16(15)17/h2-3,6-7,14H,4-5,8-12H2,1H3,(H,18,20)/t14-/m0/s1. The van der Waals surface area contributed by atoms with Crippen LogP contribution in [0.3, 0.4) is 0 Å². The summed E-state index contributed by atoms with van der Waals surface area (Å²) in [6.45, 7) is 5.27. The lowest BCUT2D eigenvalue weighted by molar-refractivity contribution is -0.119. The first-order chi connectivity index (χ1) is 9.65. The molecule has 1 aliphatic heterocycles. The Morgan fingerprint density at radius 2 is 2.25 bits per heavy atom. The van der Waals surface area contributed by atoms with E-state index >= 15 is 0 Å². The molecule has 1 aliphatic rings. The minimum Gasteiger partial charge on any atom is -0.356 e. The summed E-state index contributed by atoms with van der Waals surface area (Å²) in [6.07, 6.45) is 3.07. The van der Waals surface area contributed by atoms with Gasteiger partial charge in [-0.05, 0) is 43.4 Å². The zero-order chi connectivity index (χ0) is 14.4. The van der Waals surface area contributed by atoms with Crippen LogP contribution in [0.25, 0.3) is 0 Å². The van der Waals surface area contributed by atoms with Crippen molar-refractivity contribution in [3.8, 4) is 0 Å². The maximum atomic E-state index is 13.6. The summed E-state index contributed by atoms with van der Waals surface area (Å²) in [5.41, 5.74) is 0.788. The van der Waals surface area contributed by atoms with E-state index in [0.29, 0.717) is 5.92 Å². The van der Waals surface area contributed by atoms with E-state index in [1.807, 2.05) is 12.1 Å². The van der Waals surface area contributed by atoms with Crippen molar-refractivity contribution >= 4 is 5.91 Å². The van der Waals surface area contributed by atoms with Gasteiger partial charge in [-0.1, -0.05) is 18.2 Å². The monoisotopic (exact) mass is 278 g/mol. The van der Waals surface area contributed by atoms with Crippen LogP contribution < -0.4 is 5.32 Å². The number of nitrogens with one attached hydrogen (secondary N) is 1. The minimum absolute atomic E-state index is 0.0356. The fraction of sp³-hybridized carbons (Fsp3) is 0.562. The highest BCUT2D eigenvalue weighted by molar-refractivity contribution is 5.72. The highest BCUT2D eigenvalue weighted by Gasteiger charge is 2.19. The topological polar surface area (TPSA) is 32.3 Å². The molecule has 1 aromatic rings. The minimum atomic E-state index is -0.112. The molecule has 0 bridgehead atoms. The van der Waals surface area contributed by atoms with Gasteiger partial charge in [0.15, 0.2) is 0 Å². The molecular formula is C16H23FN2O. The molecule has 1 heterocycles. The lowest BCUT2D eigenvalue weighted by atomic mass is 9.97. The molecule has 2 rings (SSSR count). The van der Waals surface area contributed by atoms with E-state index < -0.39 is 0 Å². The van der Waals surface area contributed by atoms with Gasteiger partial charge < -0.3 is 10.2 Å². The first-order valence-electron chi connectivity index (χ1n) is 7.35. The second kappa shape index (κ2) is 7.39. The van der Waals surface area contributed by atoms with E-state index in [0.717, 1.165) is 51.0 Å². The lowest BCUT2D eigenvalue weighted by Crippen LogP contribution is -2.41. The predicted molar refractivity (Wildman–Crippen MR) is 78.0 cm³/mol. The van der Waals surface area contributed by atoms with Crippen molar-refractivity contribution < 1.29 is 9.18 Å². The van der Waals surface area contributed by atoms with E-state index in [1.165, 1.54) is 6.07 Å². The zero-order valence-corrected chi connectivity index (χ0v) is 12.1. The van der Waals surface area contributed by atoms with Crippen LogP contribution in [0.5, 0.6) is 0 Å². The van der Waals surface area contributed by atoms with Gasteiger partial charge in [0.1, 0.15) is 5.82 Å². The van der Waals surface area contributed by atoms with Crippen molar-refractivity contribution in [1.82, 2.24) is 10.2 Å². The molecule has 1 fully saturated rings. The molecule has 0 aromatic heterocycles. The number of benzene rings is 1. The van der Waals surface area contributed by atoms with Gasteiger partial charge >= 0.3 is 0 Å². The first-order valence-corrected chi connectivity index (χ1v) is 7.35.